The van der Waals surface area contributed by atoms with Crippen LogP contribution < -0.4 is 0 Å². The molecule has 8 heteroatoms. The molecule has 0 unspecified atom stereocenters. The van der Waals surface area contributed by atoms with Crippen molar-refractivity contribution in [2.45, 2.75) is 18.3 Å². The summed E-state index contributed by atoms with van der Waals surface area (Å²) in [6.45, 7) is 0. The molecule has 2 aromatic carbocycles. The van der Waals surface area contributed by atoms with Crippen molar-refractivity contribution < 1.29 is 23.1 Å². The Bertz CT molecular complexity index is 839. The molecule has 25 heavy (non-hydrogen) atoms. The lowest BCUT2D eigenvalue weighted by molar-refractivity contribution is -0.297. The first-order valence-corrected chi connectivity index (χ1v) is 8.04. The molecular formula is C17H12BrF3N2O2. The summed E-state index contributed by atoms with van der Waals surface area (Å²) in [6.07, 6.45) is -5.90. The van der Waals surface area contributed by atoms with E-state index in [0.29, 0.717) is 10.0 Å². The maximum Gasteiger partial charge on any atom is 0.438 e. The van der Waals surface area contributed by atoms with E-state index < -0.39 is 24.2 Å². The third-order valence-electron chi connectivity index (χ3n) is 3.81. The van der Waals surface area contributed by atoms with Gasteiger partial charge in [0.25, 0.3) is 11.6 Å². The number of rotatable bonds is 2. The molecule has 0 bridgehead atoms. The second kappa shape index (κ2) is 6.27. The molecule has 0 fully saturated rings. The average molecular weight is 413 g/mol. The Labute approximate surface area is 149 Å². The number of aliphatic hydroxyl groups is 1. The lowest BCUT2D eigenvalue weighted by Gasteiger charge is -2.32. The van der Waals surface area contributed by atoms with Crippen LogP contribution in [0.15, 0.2) is 64.2 Å². The summed E-state index contributed by atoms with van der Waals surface area (Å²) in [6, 6.07) is 13.9. The Morgan fingerprint density at radius 1 is 1.16 bits per heavy atom. The quantitative estimate of drug-likeness (QED) is 0.811. The largest absolute Gasteiger partial charge is 0.438 e. The zero-order valence-electron chi connectivity index (χ0n) is 12.7. The van der Waals surface area contributed by atoms with Gasteiger partial charge in [0.2, 0.25) is 0 Å². The maximum absolute atomic E-state index is 13.5. The number of benzene rings is 2. The Kier molecular flexibility index (Phi) is 4.42. The molecule has 1 N–H and O–H groups in total. The first-order valence-electron chi connectivity index (χ1n) is 7.24. The number of alkyl halides is 3. The average Bonchev–Trinajstić information content (AvgIpc) is 2.94. The van der Waals surface area contributed by atoms with Gasteiger partial charge in [-0.3, -0.25) is 4.79 Å². The second-order valence-electron chi connectivity index (χ2n) is 5.53. The van der Waals surface area contributed by atoms with Crippen molar-refractivity contribution in [3.05, 3.63) is 70.2 Å². The van der Waals surface area contributed by atoms with Gasteiger partial charge in [0, 0.05) is 10.0 Å². The van der Waals surface area contributed by atoms with Crippen LogP contribution in [0, 0.1) is 0 Å². The van der Waals surface area contributed by atoms with Crippen LogP contribution in [0.2, 0.25) is 0 Å². The van der Waals surface area contributed by atoms with E-state index in [2.05, 4.69) is 21.0 Å². The normalized spacial score (nSPS) is 20.5. The third-order valence-corrected chi connectivity index (χ3v) is 4.30. The number of carbonyl (C=O) groups is 1. The molecule has 0 radical (unpaired) electrons. The minimum atomic E-state index is -5.06. The van der Waals surface area contributed by atoms with E-state index in [1.54, 1.807) is 30.3 Å². The zero-order valence-corrected chi connectivity index (χ0v) is 14.3. The highest BCUT2D eigenvalue weighted by Gasteiger charge is 2.63. The molecule has 1 aliphatic heterocycles. The summed E-state index contributed by atoms with van der Waals surface area (Å²) < 4.78 is 41.2. The van der Waals surface area contributed by atoms with E-state index in [1.165, 1.54) is 24.3 Å². The molecule has 130 valence electrons. The van der Waals surface area contributed by atoms with Crippen LogP contribution in [-0.2, 0) is 0 Å². The third kappa shape index (κ3) is 3.19. The van der Waals surface area contributed by atoms with Crippen LogP contribution in [0.1, 0.15) is 22.3 Å². The first-order chi connectivity index (χ1) is 11.7. The molecule has 1 aliphatic rings. The van der Waals surface area contributed by atoms with Gasteiger partial charge < -0.3 is 5.11 Å². The highest BCUT2D eigenvalue weighted by atomic mass is 79.9. The van der Waals surface area contributed by atoms with E-state index >= 15 is 0 Å². The van der Waals surface area contributed by atoms with E-state index in [0.717, 1.165) is 0 Å². The summed E-state index contributed by atoms with van der Waals surface area (Å²) in [4.78, 5) is 12.5. The molecule has 1 atom stereocenters. The molecule has 3 rings (SSSR count). The van der Waals surface area contributed by atoms with Gasteiger partial charge in [0.05, 0.1) is 12.1 Å². The van der Waals surface area contributed by atoms with Gasteiger partial charge in [-0.1, -0.05) is 46.3 Å². The molecule has 0 aliphatic carbocycles. The van der Waals surface area contributed by atoms with Crippen LogP contribution in [0.4, 0.5) is 13.2 Å². The molecular weight excluding hydrogens is 401 g/mol. The predicted octanol–water partition coefficient (Wildman–Crippen LogP) is 3.95. The second-order valence-corrected chi connectivity index (χ2v) is 6.45. The van der Waals surface area contributed by atoms with E-state index in [-0.39, 0.29) is 16.3 Å². The lowest BCUT2D eigenvalue weighted by atomic mass is 10.0. The molecule has 4 nitrogen and oxygen atoms in total. The number of amides is 1. The molecule has 0 aromatic heterocycles. The van der Waals surface area contributed by atoms with Crippen molar-refractivity contribution in [2.75, 3.05) is 0 Å². The van der Waals surface area contributed by atoms with Gasteiger partial charge in [-0.25, -0.2) is 0 Å². The minimum Gasteiger partial charge on any atom is -0.362 e. The smallest absolute Gasteiger partial charge is 0.362 e. The Hall–Kier alpha value is -2.19. The maximum atomic E-state index is 13.5. The van der Waals surface area contributed by atoms with Crippen molar-refractivity contribution in [1.82, 2.24) is 5.01 Å². The fourth-order valence-corrected chi connectivity index (χ4v) is 2.91. The van der Waals surface area contributed by atoms with Gasteiger partial charge in [-0.15, -0.1) is 0 Å². The summed E-state index contributed by atoms with van der Waals surface area (Å²) in [5, 5.41) is 14.2. The predicted molar refractivity (Wildman–Crippen MR) is 88.9 cm³/mol. The SMILES string of the molecule is O=C(c1ccccc1)N1N=C(c2cccc(Br)c2)C[C@@]1(O)C(F)(F)F. The molecule has 2 aromatic rings. The van der Waals surface area contributed by atoms with Crippen LogP contribution in [-0.4, -0.2) is 33.6 Å². The monoisotopic (exact) mass is 412 g/mol. The minimum absolute atomic E-state index is 0.00409. The Balaban J connectivity index is 2.06. The summed E-state index contributed by atoms with van der Waals surface area (Å²) in [5.74, 6) is -1.02. The summed E-state index contributed by atoms with van der Waals surface area (Å²) in [5.41, 5.74) is -3.02. The van der Waals surface area contributed by atoms with Crippen LogP contribution in [0.3, 0.4) is 0 Å². The number of nitrogens with zero attached hydrogens (tertiary/aromatic N) is 2. The van der Waals surface area contributed by atoms with Crippen molar-refractivity contribution >= 4 is 27.5 Å². The Morgan fingerprint density at radius 3 is 2.44 bits per heavy atom. The number of hydrazone groups is 1. The summed E-state index contributed by atoms with van der Waals surface area (Å²) in [7, 11) is 0. The van der Waals surface area contributed by atoms with Crippen molar-refractivity contribution in [1.29, 1.82) is 0 Å². The van der Waals surface area contributed by atoms with Gasteiger partial charge in [-0.05, 0) is 29.8 Å². The van der Waals surface area contributed by atoms with E-state index in [9.17, 15) is 23.1 Å². The van der Waals surface area contributed by atoms with Gasteiger partial charge >= 0.3 is 6.18 Å². The number of halogens is 4. The molecule has 0 saturated carbocycles. The standard InChI is InChI=1S/C17H12BrF3N2O2/c18-13-8-4-7-12(9-13)14-10-16(25,17(19,20)21)23(22-14)15(24)11-5-2-1-3-6-11/h1-9,25H,10H2/t16-/m1/s1. The first kappa shape index (κ1) is 17.6. The molecule has 1 heterocycles. The van der Waals surface area contributed by atoms with Crippen molar-refractivity contribution in [3.63, 3.8) is 0 Å². The van der Waals surface area contributed by atoms with Gasteiger partial charge in [-0.2, -0.15) is 23.3 Å². The highest BCUT2D eigenvalue weighted by Crippen LogP contribution is 2.42. The van der Waals surface area contributed by atoms with E-state index in [4.69, 9.17) is 0 Å². The van der Waals surface area contributed by atoms with Gasteiger partial charge in [0.15, 0.2) is 0 Å². The number of carbonyl (C=O) groups excluding carboxylic acids is 1. The molecule has 0 spiro atoms. The highest BCUT2D eigenvalue weighted by molar-refractivity contribution is 9.10. The van der Waals surface area contributed by atoms with Crippen LogP contribution in [0.25, 0.3) is 0 Å². The van der Waals surface area contributed by atoms with Gasteiger partial charge in [0.1, 0.15) is 0 Å². The van der Waals surface area contributed by atoms with Crippen LogP contribution in [0.5, 0.6) is 0 Å². The summed E-state index contributed by atoms with van der Waals surface area (Å²) >= 11 is 3.24. The van der Waals surface area contributed by atoms with Crippen molar-refractivity contribution in [2.24, 2.45) is 5.10 Å². The van der Waals surface area contributed by atoms with E-state index in [1.807, 2.05) is 0 Å². The Morgan fingerprint density at radius 2 is 1.84 bits per heavy atom. The zero-order chi connectivity index (χ0) is 18.2. The van der Waals surface area contributed by atoms with Crippen molar-refractivity contribution in [3.8, 4) is 0 Å². The lowest BCUT2D eigenvalue weighted by Crippen LogP contribution is -2.56. The molecule has 0 saturated heterocycles. The van der Waals surface area contributed by atoms with Crippen LogP contribution >= 0.6 is 15.9 Å². The number of hydrogen-bond donors (Lipinski definition) is 1. The topological polar surface area (TPSA) is 52.9 Å². The molecule has 1 amide bonds. The fraction of sp³-hybridized carbons (Fsp3) is 0.176. The fourth-order valence-electron chi connectivity index (χ4n) is 2.51. The number of hydrogen-bond acceptors (Lipinski definition) is 3.